The molecule has 1 unspecified atom stereocenters. The van der Waals surface area contributed by atoms with Gasteiger partial charge in [0.2, 0.25) is 0 Å². The van der Waals surface area contributed by atoms with Gasteiger partial charge in [0, 0.05) is 7.11 Å². The lowest BCUT2D eigenvalue weighted by Gasteiger charge is -2.23. The van der Waals surface area contributed by atoms with Gasteiger partial charge < -0.3 is 14.8 Å². The van der Waals surface area contributed by atoms with Gasteiger partial charge in [0.05, 0.1) is 0 Å². The van der Waals surface area contributed by atoms with Gasteiger partial charge in [-0.3, -0.25) is 0 Å². The van der Waals surface area contributed by atoms with Crippen LogP contribution < -0.4 is 5.32 Å². The number of carbonyl (C=O) groups is 1. The Hall–Kier alpha value is -0.410. The summed E-state index contributed by atoms with van der Waals surface area (Å²) in [6, 6.07) is 0. The molecule has 0 spiro atoms. The van der Waals surface area contributed by atoms with Gasteiger partial charge in [-0.1, -0.05) is 0 Å². The highest BCUT2D eigenvalue weighted by Gasteiger charge is 2.29. The molecule has 64 valence electrons. The van der Waals surface area contributed by atoms with Crippen molar-refractivity contribution in [2.24, 2.45) is 0 Å². The minimum atomic E-state index is -0.497. The third-order valence-corrected chi connectivity index (χ3v) is 2.30. The van der Waals surface area contributed by atoms with Crippen LogP contribution in [0.25, 0.3) is 0 Å². The molecule has 1 rings (SSSR count). The van der Waals surface area contributed by atoms with Crippen molar-refractivity contribution in [1.29, 1.82) is 0 Å². The van der Waals surface area contributed by atoms with E-state index in [4.69, 9.17) is 4.74 Å². The van der Waals surface area contributed by atoms with E-state index in [2.05, 4.69) is 5.32 Å². The van der Waals surface area contributed by atoms with Crippen molar-refractivity contribution in [3.8, 4) is 0 Å². The first-order valence-corrected chi connectivity index (χ1v) is 4.05. The van der Waals surface area contributed by atoms with E-state index in [1.54, 1.807) is 7.11 Å². The molecule has 1 aliphatic rings. The highest BCUT2D eigenvalue weighted by atomic mass is 16.5. The number of hydrogen-bond donors (Lipinski definition) is 1. The minimum absolute atomic E-state index is 0.497. The van der Waals surface area contributed by atoms with Crippen molar-refractivity contribution in [3.05, 3.63) is 0 Å². The molecule has 0 amide bonds. The summed E-state index contributed by atoms with van der Waals surface area (Å²) in [7, 11) is 1.61. The molecule has 0 radical (unpaired) electrons. The molecule has 11 heavy (non-hydrogen) atoms. The van der Waals surface area contributed by atoms with Crippen LogP contribution >= 0.6 is 0 Å². The molecule has 1 atom stereocenters. The molecule has 3 nitrogen and oxygen atoms in total. The molecule has 0 aromatic rings. The fraction of sp³-hybridized carbons (Fsp3) is 0.875. The molecule has 1 saturated heterocycles. The van der Waals surface area contributed by atoms with Crippen molar-refractivity contribution in [3.63, 3.8) is 0 Å². The first-order chi connectivity index (χ1) is 5.33. The summed E-state index contributed by atoms with van der Waals surface area (Å²) in [4.78, 5) is 10.7. The summed E-state index contributed by atoms with van der Waals surface area (Å²) in [5.41, 5.74) is -0.497. The predicted molar refractivity (Wildman–Crippen MR) is 42.5 cm³/mol. The molecule has 0 bridgehead atoms. The molecular weight excluding hydrogens is 142 g/mol. The second-order valence-electron chi connectivity index (χ2n) is 2.99. The summed E-state index contributed by atoms with van der Waals surface area (Å²) in [6.45, 7) is 1.88. The Bertz CT molecular complexity index is 128. The fourth-order valence-corrected chi connectivity index (χ4v) is 1.43. The molecule has 0 aromatic carbocycles. The zero-order valence-corrected chi connectivity index (χ0v) is 6.93. The van der Waals surface area contributed by atoms with Gasteiger partial charge in [-0.25, -0.2) is 0 Å². The van der Waals surface area contributed by atoms with E-state index in [-0.39, 0.29) is 0 Å². The summed E-state index contributed by atoms with van der Waals surface area (Å²) in [5, 5.41) is 3.23. The Labute approximate surface area is 67.1 Å². The van der Waals surface area contributed by atoms with Gasteiger partial charge >= 0.3 is 0 Å². The maximum Gasteiger partial charge on any atom is 0.151 e. The smallest absolute Gasteiger partial charge is 0.151 e. The van der Waals surface area contributed by atoms with Crippen molar-refractivity contribution >= 4 is 6.29 Å². The van der Waals surface area contributed by atoms with Gasteiger partial charge in [0.25, 0.3) is 0 Å². The highest BCUT2D eigenvalue weighted by Crippen LogP contribution is 2.20. The Morgan fingerprint density at radius 1 is 1.45 bits per heavy atom. The average Bonchev–Trinajstić information content (AvgIpc) is 2.30. The van der Waals surface area contributed by atoms with Gasteiger partial charge in [-0.2, -0.15) is 0 Å². The zero-order valence-electron chi connectivity index (χ0n) is 6.93. The number of methoxy groups -OCH3 is 1. The number of aldehydes is 1. The molecule has 1 N–H and O–H groups in total. The standard InChI is InChI=1S/C8H15NO2/c1-11-8(7-10)3-2-5-9-6-4-8/h7,9H,2-6H2,1H3. The van der Waals surface area contributed by atoms with Crippen molar-refractivity contribution < 1.29 is 9.53 Å². The number of ether oxygens (including phenoxy) is 1. The van der Waals surface area contributed by atoms with Crippen molar-refractivity contribution in [2.45, 2.75) is 24.9 Å². The first-order valence-electron chi connectivity index (χ1n) is 4.05. The Balaban J connectivity index is 2.55. The van der Waals surface area contributed by atoms with Gasteiger partial charge in [0.1, 0.15) is 5.60 Å². The zero-order chi connectivity index (χ0) is 8.16. The lowest BCUT2D eigenvalue weighted by molar-refractivity contribution is -0.128. The summed E-state index contributed by atoms with van der Waals surface area (Å²) < 4.78 is 5.20. The average molecular weight is 157 g/mol. The van der Waals surface area contributed by atoms with Crippen LogP contribution in [-0.2, 0) is 9.53 Å². The van der Waals surface area contributed by atoms with Gasteiger partial charge in [0.15, 0.2) is 6.29 Å². The summed E-state index contributed by atoms with van der Waals surface area (Å²) in [5.74, 6) is 0. The molecule has 1 fully saturated rings. The van der Waals surface area contributed by atoms with Crippen molar-refractivity contribution in [2.75, 3.05) is 20.2 Å². The molecule has 1 aliphatic heterocycles. The lowest BCUT2D eigenvalue weighted by Crippen LogP contribution is -2.34. The van der Waals surface area contributed by atoms with Crippen LogP contribution in [0.3, 0.4) is 0 Å². The van der Waals surface area contributed by atoms with Crippen LogP contribution in [0.4, 0.5) is 0 Å². The third kappa shape index (κ3) is 2.01. The van der Waals surface area contributed by atoms with Gasteiger partial charge in [-0.05, 0) is 32.4 Å². The van der Waals surface area contributed by atoms with E-state index in [0.29, 0.717) is 0 Å². The Morgan fingerprint density at radius 2 is 2.27 bits per heavy atom. The minimum Gasteiger partial charge on any atom is -0.371 e. The Morgan fingerprint density at radius 3 is 2.91 bits per heavy atom. The summed E-state index contributed by atoms with van der Waals surface area (Å²) in [6.07, 6.45) is 3.61. The van der Waals surface area contributed by atoms with E-state index >= 15 is 0 Å². The maximum atomic E-state index is 10.7. The fourth-order valence-electron chi connectivity index (χ4n) is 1.43. The number of hydrogen-bond acceptors (Lipinski definition) is 3. The topological polar surface area (TPSA) is 38.3 Å². The third-order valence-electron chi connectivity index (χ3n) is 2.30. The first kappa shape index (κ1) is 8.68. The number of carbonyl (C=O) groups excluding carboxylic acids is 1. The molecular formula is C8H15NO2. The monoisotopic (exact) mass is 157 g/mol. The number of rotatable bonds is 2. The largest absolute Gasteiger partial charge is 0.371 e. The second-order valence-corrected chi connectivity index (χ2v) is 2.99. The SMILES string of the molecule is COC1(C=O)CCCNCC1. The van der Waals surface area contributed by atoms with Crippen LogP contribution in [0.5, 0.6) is 0 Å². The van der Waals surface area contributed by atoms with Crippen molar-refractivity contribution in [1.82, 2.24) is 5.32 Å². The van der Waals surface area contributed by atoms with E-state index in [9.17, 15) is 4.79 Å². The van der Waals surface area contributed by atoms with Crippen LogP contribution in [0, 0.1) is 0 Å². The normalized spacial score (nSPS) is 32.8. The lowest BCUT2D eigenvalue weighted by atomic mass is 9.97. The summed E-state index contributed by atoms with van der Waals surface area (Å²) >= 11 is 0. The van der Waals surface area contributed by atoms with Crippen LogP contribution in [0.15, 0.2) is 0 Å². The highest BCUT2D eigenvalue weighted by molar-refractivity contribution is 5.62. The maximum absolute atomic E-state index is 10.7. The van der Waals surface area contributed by atoms with Crippen LogP contribution in [-0.4, -0.2) is 32.1 Å². The van der Waals surface area contributed by atoms with E-state index < -0.39 is 5.60 Å². The Kier molecular flexibility index (Phi) is 3.02. The molecule has 0 saturated carbocycles. The molecule has 1 heterocycles. The second kappa shape index (κ2) is 3.83. The van der Waals surface area contributed by atoms with Crippen LogP contribution in [0.2, 0.25) is 0 Å². The predicted octanol–water partition coefficient (Wildman–Crippen LogP) is 0.344. The molecule has 0 aliphatic carbocycles. The molecule has 3 heteroatoms. The quantitative estimate of drug-likeness (QED) is 0.587. The molecule has 0 aromatic heterocycles. The van der Waals surface area contributed by atoms with E-state index in [0.717, 1.165) is 38.6 Å². The van der Waals surface area contributed by atoms with Gasteiger partial charge in [-0.15, -0.1) is 0 Å². The van der Waals surface area contributed by atoms with E-state index in [1.165, 1.54) is 0 Å². The van der Waals surface area contributed by atoms with Crippen LogP contribution in [0.1, 0.15) is 19.3 Å². The van der Waals surface area contributed by atoms with E-state index in [1.807, 2.05) is 0 Å². The number of nitrogens with one attached hydrogen (secondary N) is 1.